The van der Waals surface area contributed by atoms with Crippen molar-refractivity contribution in [2.75, 3.05) is 5.32 Å². The van der Waals surface area contributed by atoms with Gasteiger partial charge in [0.2, 0.25) is 0 Å². The van der Waals surface area contributed by atoms with Crippen LogP contribution in [0.4, 0.5) is 18.9 Å². The molecule has 0 atom stereocenters. The highest BCUT2D eigenvalue weighted by Crippen LogP contribution is 2.31. The van der Waals surface area contributed by atoms with Gasteiger partial charge in [-0.15, -0.1) is 11.3 Å². The Morgan fingerprint density at radius 2 is 2.00 bits per heavy atom. The molecule has 1 aromatic carbocycles. The number of benzene rings is 1. The highest BCUT2D eigenvalue weighted by atomic mass is 32.1. The van der Waals surface area contributed by atoms with E-state index in [0.717, 1.165) is 23.5 Å². The van der Waals surface area contributed by atoms with Crippen LogP contribution in [0.3, 0.4) is 0 Å². The normalized spacial score (nSPS) is 11.7. The molecule has 5 nitrogen and oxygen atoms in total. The smallest absolute Gasteiger partial charge is 0.321 e. The van der Waals surface area contributed by atoms with E-state index in [1.165, 1.54) is 12.1 Å². The van der Waals surface area contributed by atoms with E-state index in [1.807, 2.05) is 0 Å². The third-order valence-electron chi connectivity index (χ3n) is 3.55. The number of amides is 1. The van der Waals surface area contributed by atoms with Gasteiger partial charge >= 0.3 is 6.18 Å². The fourth-order valence-electron chi connectivity index (χ4n) is 2.39. The highest BCUT2D eigenvalue weighted by molar-refractivity contribution is 7.21. The van der Waals surface area contributed by atoms with Crippen molar-refractivity contribution < 1.29 is 18.0 Å². The summed E-state index contributed by atoms with van der Waals surface area (Å²) < 4.78 is 38.6. The molecule has 0 unspecified atom stereocenters. The number of nitrogens with zero attached hydrogens (tertiary/aromatic N) is 1. The lowest BCUT2D eigenvalue weighted by Gasteiger charge is -2.09. The van der Waals surface area contributed by atoms with Gasteiger partial charge in [-0.25, -0.2) is 4.98 Å². The number of nitrogens with one attached hydrogen (secondary N) is 2. The van der Waals surface area contributed by atoms with E-state index in [0.29, 0.717) is 21.6 Å². The summed E-state index contributed by atoms with van der Waals surface area (Å²) >= 11 is 0.956. The number of fused-ring (bicyclic) bond motifs is 1. The van der Waals surface area contributed by atoms with Crippen molar-refractivity contribution in [1.29, 1.82) is 0 Å². The molecule has 0 saturated heterocycles. The van der Waals surface area contributed by atoms with E-state index in [4.69, 9.17) is 0 Å². The first kappa shape index (κ1) is 17.2. The number of halogens is 3. The first-order valence-corrected chi connectivity index (χ1v) is 7.97. The largest absolute Gasteiger partial charge is 0.416 e. The van der Waals surface area contributed by atoms with Crippen LogP contribution in [0.15, 0.2) is 29.1 Å². The van der Waals surface area contributed by atoms with E-state index >= 15 is 0 Å². The van der Waals surface area contributed by atoms with Gasteiger partial charge in [0.1, 0.15) is 10.5 Å². The van der Waals surface area contributed by atoms with Crippen molar-refractivity contribution in [2.45, 2.75) is 20.0 Å². The quantitative estimate of drug-likeness (QED) is 0.722. The summed E-state index contributed by atoms with van der Waals surface area (Å²) in [4.78, 5) is 31.4. The second-order valence-corrected chi connectivity index (χ2v) is 6.44. The molecule has 0 aliphatic heterocycles. The van der Waals surface area contributed by atoms with E-state index in [2.05, 4.69) is 15.3 Å². The Kier molecular flexibility index (Phi) is 4.11. The number of aromatic nitrogens is 2. The third-order valence-corrected chi connectivity index (χ3v) is 4.83. The molecule has 0 aliphatic rings. The first-order valence-electron chi connectivity index (χ1n) is 7.15. The van der Waals surface area contributed by atoms with Crippen LogP contribution >= 0.6 is 11.3 Å². The Balaban J connectivity index is 1.97. The van der Waals surface area contributed by atoms with Crippen LogP contribution in [0.1, 0.15) is 26.6 Å². The number of hydrogen-bond donors (Lipinski definition) is 2. The van der Waals surface area contributed by atoms with Crippen molar-refractivity contribution in [1.82, 2.24) is 9.97 Å². The summed E-state index contributed by atoms with van der Waals surface area (Å²) in [5.74, 6) is -0.167. The van der Waals surface area contributed by atoms with Gasteiger partial charge < -0.3 is 10.3 Å². The van der Waals surface area contributed by atoms with Gasteiger partial charge in [-0.05, 0) is 37.6 Å². The fraction of sp³-hybridized carbons (Fsp3) is 0.188. The second kappa shape index (κ2) is 5.99. The van der Waals surface area contributed by atoms with E-state index in [1.54, 1.807) is 13.8 Å². The van der Waals surface area contributed by atoms with Crippen LogP contribution in [0.25, 0.3) is 10.2 Å². The van der Waals surface area contributed by atoms with Crippen LogP contribution in [0.2, 0.25) is 0 Å². The van der Waals surface area contributed by atoms with Crippen molar-refractivity contribution in [3.05, 3.63) is 56.4 Å². The zero-order chi connectivity index (χ0) is 18.4. The number of aromatic amines is 1. The average Bonchev–Trinajstić information content (AvgIpc) is 2.84. The van der Waals surface area contributed by atoms with Crippen molar-refractivity contribution in [3.8, 4) is 0 Å². The lowest BCUT2D eigenvalue weighted by atomic mass is 10.2. The van der Waals surface area contributed by atoms with Gasteiger partial charge in [-0.2, -0.15) is 13.2 Å². The number of aryl methyl sites for hydroxylation is 2. The van der Waals surface area contributed by atoms with E-state index in [9.17, 15) is 22.8 Å². The van der Waals surface area contributed by atoms with Crippen LogP contribution in [0.5, 0.6) is 0 Å². The minimum atomic E-state index is -4.50. The van der Waals surface area contributed by atoms with Crippen LogP contribution < -0.4 is 10.9 Å². The lowest BCUT2D eigenvalue weighted by Crippen LogP contribution is -2.12. The number of thiophene rings is 1. The van der Waals surface area contributed by atoms with Crippen molar-refractivity contribution in [3.63, 3.8) is 0 Å². The molecule has 0 spiro atoms. The maximum atomic E-state index is 12.8. The molecule has 0 bridgehead atoms. The first-order chi connectivity index (χ1) is 11.7. The number of hydrogen-bond acceptors (Lipinski definition) is 4. The molecule has 3 rings (SSSR count). The molecule has 0 aliphatic carbocycles. The summed E-state index contributed by atoms with van der Waals surface area (Å²) in [5, 5.41) is 2.44. The zero-order valence-electron chi connectivity index (χ0n) is 13.1. The predicted octanol–water partition coefficient (Wildman–Crippen LogP) is 3.87. The number of anilines is 1. The Labute approximate surface area is 143 Å². The molecule has 130 valence electrons. The molecule has 0 radical (unpaired) electrons. The monoisotopic (exact) mass is 367 g/mol. The summed E-state index contributed by atoms with van der Waals surface area (Å²) in [6.07, 6.45) is -4.50. The molecule has 2 aromatic heterocycles. The summed E-state index contributed by atoms with van der Waals surface area (Å²) in [6.45, 7) is 3.27. The molecule has 3 aromatic rings. The van der Waals surface area contributed by atoms with Crippen LogP contribution in [-0.2, 0) is 6.18 Å². The van der Waals surface area contributed by atoms with Gasteiger partial charge in [0, 0.05) is 5.69 Å². The fourth-order valence-corrected chi connectivity index (χ4v) is 3.42. The number of carbonyl (C=O) groups excluding carboxylic acids is 1. The Bertz CT molecular complexity index is 1040. The number of H-pyrrole nitrogens is 1. The molecule has 2 N–H and O–H groups in total. The minimum absolute atomic E-state index is 0.0229. The maximum Gasteiger partial charge on any atom is 0.416 e. The number of carbonyl (C=O) groups is 1. The van der Waals surface area contributed by atoms with E-state index < -0.39 is 17.6 Å². The molecule has 25 heavy (non-hydrogen) atoms. The SMILES string of the molecule is Cc1nc2c(C)c(C(=O)Nc3cccc(C(F)(F)F)c3)sc2c(=O)[nH]1. The minimum Gasteiger partial charge on any atom is -0.321 e. The topological polar surface area (TPSA) is 74.8 Å². The molecule has 1 amide bonds. The van der Waals surface area contributed by atoms with Crippen LogP contribution in [-0.4, -0.2) is 15.9 Å². The van der Waals surface area contributed by atoms with Crippen molar-refractivity contribution in [2.24, 2.45) is 0 Å². The van der Waals surface area contributed by atoms with Crippen molar-refractivity contribution >= 4 is 33.1 Å². The Morgan fingerprint density at radius 3 is 2.68 bits per heavy atom. The molecule has 2 heterocycles. The number of rotatable bonds is 2. The highest BCUT2D eigenvalue weighted by Gasteiger charge is 2.30. The summed E-state index contributed by atoms with van der Waals surface area (Å²) in [5.41, 5.74) is -0.255. The van der Waals surface area contributed by atoms with Crippen LogP contribution in [0, 0.1) is 13.8 Å². The molecule has 0 saturated carbocycles. The second-order valence-electron chi connectivity index (χ2n) is 5.42. The standard InChI is InChI=1S/C16H12F3N3O2S/c1-7-11-13(15(24)21-8(2)20-11)25-12(7)14(23)22-10-5-3-4-9(6-10)16(17,18)19/h3-6H,1-2H3,(H,22,23)(H,20,21,24). The van der Waals surface area contributed by atoms with Gasteiger partial charge in [-0.3, -0.25) is 9.59 Å². The van der Waals surface area contributed by atoms with Gasteiger partial charge in [0.25, 0.3) is 11.5 Å². The third kappa shape index (κ3) is 3.27. The van der Waals surface area contributed by atoms with Gasteiger partial charge in [-0.1, -0.05) is 6.07 Å². The average molecular weight is 367 g/mol. The molecular weight excluding hydrogens is 355 g/mol. The number of alkyl halides is 3. The maximum absolute atomic E-state index is 12.8. The Morgan fingerprint density at radius 1 is 1.28 bits per heavy atom. The Hall–Kier alpha value is -2.68. The zero-order valence-corrected chi connectivity index (χ0v) is 13.9. The molecule has 9 heteroatoms. The van der Waals surface area contributed by atoms with E-state index in [-0.39, 0.29) is 16.1 Å². The molecular formula is C16H12F3N3O2S. The summed E-state index contributed by atoms with van der Waals surface area (Å²) in [7, 11) is 0. The summed E-state index contributed by atoms with van der Waals surface area (Å²) in [6, 6.07) is 4.36. The van der Waals surface area contributed by atoms with Gasteiger partial charge in [0.05, 0.1) is 16.0 Å². The molecule has 0 fully saturated rings. The lowest BCUT2D eigenvalue weighted by molar-refractivity contribution is -0.137. The predicted molar refractivity (Wildman–Crippen MR) is 89.1 cm³/mol. The van der Waals surface area contributed by atoms with Gasteiger partial charge in [0.15, 0.2) is 0 Å².